The largest absolute Gasteiger partial charge is 0.421 e. The van der Waals surface area contributed by atoms with Gasteiger partial charge >= 0.3 is 5.97 Å². The van der Waals surface area contributed by atoms with Gasteiger partial charge in [-0.15, -0.1) is 23.5 Å². The highest BCUT2D eigenvalue weighted by atomic mass is 35.5. The van der Waals surface area contributed by atoms with E-state index >= 15 is 0 Å². The number of thioether (sulfide) groups is 2. The molecule has 0 aliphatic rings. The average Bonchev–Trinajstić information content (AvgIpc) is 2.56. The summed E-state index contributed by atoms with van der Waals surface area (Å²) < 4.78 is 6.60. The van der Waals surface area contributed by atoms with Crippen molar-refractivity contribution >= 4 is 46.9 Å². The SMILES string of the molecule is CSC(SC)=C(OC(=O)c1ccccc1)c1ccc(Cl)cc1. The van der Waals surface area contributed by atoms with E-state index < -0.39 is 0 Å². The Morgan fingerprint density at radius 2 is 1.50 bits per heavy atom. The normalized spacial score (nSPS) is 10.1. The minimum absolute atomic E-state index is 0.369. The highest BCUT2D eigenvalue weighted by Crippen LogP contribution is 2.34. The maximum Gasteiger partial charge on any atom is 0.343 e. The number of carbonyl (C=O) groups excluding carboxylic acids is 1. The second kappa shape index (κ2) is 8.32. The molecule has 0 aromatic heterocycles. The van der Waals surface area contributed by atoms with E-state index in [1.807, 2.05) is 42.8 Å². The Hall–Kier alpha value is -1.36. The van der Waals surface area contributed by atoms with Crippen molar-refractivity contribution < 1.29 is 9.53 Å². The van der Waals surface area contributed by atoms with Gasteiger partial charge in [0.05, 0.1) is 9.80 Å². The summed E-state index contributed by atoms with van der Waals surface area (Å²) in [6.07, 6.45) is 3.91. The van der Waals surface area contributed by atoms with E-state index in [9.17, 15) is 4.79 Å². The summed E-state index contributed by atoms with van der Waals surface area (Å²) >= 11 is 9.02. The van der Waals surface area contributed by atoms with Gasteiger partial charge in [-0.3, -0.25) is 0 Å². The van der Waals surface area contributed by atoms with Crippen molar-refractivity contribution in [3.63, 3.8) is 0 Å². The van der Waals surface area contributed by atoms with Crippen molar-refractivity contribution in [3.8, 4) is 0 Å². The van der Waals surface area contributed by atoms with Crippen LogP contribution in [0.5, 0.6) is 0 Å². The molecule has 0 spiro atoms. The number of hydrogen-bond acceptors (Lipinski definition) is 4. The van der Waals surface area contributed by atoms with Crippen molar-refractivity contribution in [2.24, 2.45) is 0 Å². The van der Waals surface area contributed by atoms with Gasteiger partial charge in [0.15, 0.2) is 5.76 Å². The lowest BCUT2D eigenvalue weighted by Crippen LogP contribution is -2.05. The van der Waals surface area contributed by atoms with Crippen molar-refractivity contribution in [3.05, 3.63) is 75.0 Å². The summed E-state index contributed by atoms with van der Waals surface area (Å²) in [5, 5.41) is 0.646. The third kappa shape index (κ3) is 4.32. The summed E-state index contributed by atoms with van der Waals surface area (Å²) in [6.45, 7) is 0. The first-order valence-electron chi connectivity index (χ1n) is 6.51. The first-order chi connectivity index (χ1) is 10.7. The molecule has 2 nitrogen and oxygen atoms in total. The minimum atomic E-state index is -0.369. The van der Waals surface area contributed by atoms with Crippen molar-refractivity contribution in [2.75, 3.05) is 12.5 Å². The van der Waals surface area contributed by atoms with Crippen LogP contribution in [0.4, 0.5) is 0 Å². The van der Waals surface area contributed by atoms with Gasteiger partial charge in [-0.2, -0.15) is 0 Å². The summed E-state index contributed by atoms with van der Waals surface area (Å²) in [4.78, 5) is 12.3. The molecule has 0 saturated carbocycles. The van der Waals surface area contributed by atoms with E-state index in [1.54, 1.807) is 47.8 Å². The van der Waals surface area contributed by atoms with Gasteiger partial charge in [0.1, 0.15) is 0 Å². The van der Waals surface area contributed by atoms with Crippen LogP contribution < -0.4 is 0 Å². The smallest absolute Gasteiger partial charge is 0.343 e. The average molecular weight is 351 g/mol. The van der Waals surface area contributed by atoms with Crippen LogP contribution in [0.2, 0.25) is 5.02 Å². The first kappa shape index (κ1) is 17.0. The topological polar surface area (TPSA) is 26.3 Å². The Morgan fingerprint density at radius 1 is 0.909 bits per heavy atom. The van der Waals surface area contributed by atoms with E-state index in [-0.39, 0.29) is 5.97 Å². The van der Waals surface area contributed by atoms with E-state index in [4.69, 9.17) is 16.3 Å². The Labute approximate surface area is 143 Å². The van der Waals surface area contributed by atoms with Crippen LogP contribution in [0, 0.1) is 0 Å². The van der Waals surface area contributed by atoms with E-state index in [0.29, 0.717) is 16.3 Å². The second-order valence-electron chi connectivity index (χ2n) is 4.29. The van der Waals surface area contributed by atoms with Gasteiger partial charge < -0.3 is 4.74 Å². The number of benzene rings is 2. The van der Waals surface area contributed by atoms with Gasteiger partial charge in [-0.05, 0) is 48.9 Å². The molecule has 0 saturated heterocycles. The number of carbonyl (C=O) groups is 1. The van der Waals surface area contributed by atoms with Crippen molar-refractivity contribution in [2.45, 2.75) is 0 Å². The molecule has 0 N–H and O–H groups in total. The number of rotatable bonds is 5. The third-order valence-corrected chi connectivity index (χ3v) is 5.23. The highest BCUT2D eigenvalue weighted by molar-refractivity contribution is 8.21. The Balaban J connectivity index is 2.36. The second-order valence-corrected chi connectivity index (χ2v) is 6.62. The predicted molar refractivity (Wildman–Crippen MR) is 97.3 cm³/mol. The zero-order chi connectivity index (χ0) is 15.9. The number of esters is 1. The van der Waals surface area contributed by atoms with Gasteiger partial charge in [0.25, 0.3) is 0 Å². The van der Waals surface area contributed by atoms with Crippen LogP contribution >= 0.6 is 35.1 Å². The number of hydrogen-bond donors (Lipinski definition) is 0. The molecule has 0 atom stereocenters. The molecular weight excluding hydrogens is 336 g/mol. The Kier molecular flexibility index (Phi) is 6.43. The van der Waals surface area contributed by atoms with Gasteiger partial charge in [-0.25, -0.2) is 4.79 Å². The quantitative estimate of drug-likeness (QED) is 0.521. The molecule has 0 aliphatic carbocycles. The molecule has 0 amide bonds. The molecular formula is C17H15ClO2S2. The summed E-state index contributed by atoms with van der Waals surface area (Å²) in [7, 11) is 0. The van der Waals surface area contributed by atoms with Crippen LogP contribution in [0.15, 0.2) is 58.8 Å². The fourth-order valence-electron chi connectivity index (χ4n) is 1.81. The zero-order valence-corrected chi connectivity index (χ0v) is 14.6. The molecule has 0 bridgehead atoms. The molecule has 0 radical (unpaired) electrons. The Bertz CT molecular complexity index is 661. The maximum absolute atomic E-state index is 12.3. The van der Waals surface area contributed by atoms with Crippen LogP contribution in [-0.4, -0.2) is 18.5 Å². The molecule has 5 heteroatoms. The summed E-state index contributed by atoms with van der Waals surface area (Å²) in [6, 6.07) is 16.2. The molecule has 22 heavy (non-hydrogen) atoms. The molecule has 2 aromatic carbocycles. The fourth-order valence-corrected chi connectivity index (χ4v) is 3.30. The zero-order valence-electron chi connectivity index (χ0n) is 12.2. The Morgan fingerprint density at radius 3 is 2.05 bits per heavy atom. The van der Waals surface area contributed by atoms with Crippen molar-refractivity contribution in [1.82, 2.24) is 0 Å². The molecule has 2 aromatic rings. The van der Waals surface area contributed by atoms with Gasteiger partial charge in [0, 0.05) is 10.6 Å². The lowest BCUT2D eigenvalue weighted by atomic mass is 10.2. The fraction of sp³-hybridized carbons (Fsp3) is 0.118. The van der Waals surface area contributed by atoms with E-state index in [0.717, 1.165) is 9.80 Å². The van der Waals surface area contributed by atoms with E-state index in [2.05, 4.69) is 0 Å². The highest BCUT2D eigenvalue weighted by Gasteiger charge is 2.16. The molecule has 0 unspecified atom stereocenters. The van der Waals surface area contributed by atoms with Crippen LogP contribution in [0.1, 0.15) is 15.9 Å². The minimum Gasteiger partial charge on any atom is -0.421 e. The summed E-state index contributed by atoms with van der Waals surface area (Å²) in [5.41, 5.74) is 1.35. The standard InChI is InChI=1S/C17H15ClO2S2/c1-21-17(22-2)15(12-8-10-14(18)11-9-12)20-16(19)13-6-4-3-5-7-13/h3-11H,1-2H3. The lowest BCUT2D eigenvalue weighted by molar-refractivity contribution is 0.0692. The van der Waals surface area contributed by atoms with Crippen LogP contribution in [-0.2, 0) is 4.74 Å². The first-order valence-corrected chi connectivity index (χ1v) is 9.34. The molecule has 0 aliphatic heterocycles. The third-order valence-electron chi connectivity index (χ3n) is 2.87. The van der Waals surface area contributed by atoms with Crippen LogP contribution in [0.25, 0.3) is 5.76 Å². The molecule has 0 heterocycles. The van der Waals surface area contributed by atoms with Crippen molar-refractivity contribution in [1.29, 1.82) is 0 Å². The number of halogens is 1. The molecule has 114 valence electrons. The van der Waals surface area contributed by atoms with Crippen LogP contribution in [0.3, 0.4) is 0 Å². The molecule has 0 fully saturated rings. The van der Waals surface area contributed by atoms with Gasteiger partial charge in [-0.1, -0.05) is 29.8 Å². The number of ether oxygens (including phenoxy) is 1. The molecule has 2 rings (SSSR count). The predicted octanol–water partition coefficient (Wildman–Crippen LogP) is 5.55. The van der Waals surface area contributed by atoms with E-state index in [1.165, 1.54) is 0 Å². The summed E-state index contributed by atoms with van der Waals surface area (Å²) in [5.74, 6) is 0.191. The monoisotopic (exact) mass is 350 g/mol. The van der Waals surface area contributed by atoms with Gasteiger partial charge in [0.2, 0.25) is 0 Å². The maximum atomic E-state index is 12.3. The lowest BCUT2D eigenvalue weighted by Gasteiger charge is -2.13.